The molecule has 0 amide bonds. The first-order chi connectivity index (χ1) is 9.06. The van der Waals surface area contributed by atoms with Crippen molar-refractivity contribution in [2.45, 2.75) is 19.6 Å². The third-order valence-corrected chi connectivity index (χ3v) is 2.64. The molecule has 0 aliphatic rings. The van der Waals surface area contributed by atoms with Gasteiger partial charge in [-0.15, -0.1) is 0 Å². The van der Waals surface area contributed by atoms with Crippen molar-refractivity contribution in [2.24, 2.45) is 0 Å². The van der Waals surface area contributed by atoms with E-state index in [0.29, 0.717) is 18.0 Å². The molecule has 0 aliphatic carbocycles. The lowest BCUT2D eigenvalue weighted by molar-refractivity contribution is 0.169. The van der Waals surface area contributed by atoms with Gasteiger partial charge in [-0.3, -0.25) is 0 Å². The Bertz CT molecular complexity index is 557. The number of rotatable bonds is 5. The van der Waals surface area contributed by atoms with Crippen LogP contribution in [0.3, 0.4) is 0 Å². The number of aliphatic hydroxyl groups excluding tert-OH is 1. The number of benzene rings is 1. The van der Waals surface area contributed by atoms with E-state index in [-0.39, 0.29) is 12.1 Å². The molecule has 2 rings (SSSR count). The van der Waals surface area contributed by atoms with Gasteiger partial charge in [0.15, 0.2) is 0 Å². The average molecular weight is 268 g/mol. The smallest absolute Gasteiger partial charge is 0.133 e. The summed E-state index contributed by atoms with van der Waals surface area (Å²) in [6.07, 6.45) is -1.12. The largest absolute Gasteiger partial charge is 0.387 e. The number of aromatic nitrogens is 1. The Morgan fingerprint density at radius 2 is 2.16 bits per heavy atom. The van der Waals surface area contributed by atoms with Crippen LogP contribution in [0, 0.1) is 18.6 Å². The van der Waals surface area contributed by atoms with Crippen molar-refractivity contribution in [3.8, 4) is 0 Å². The van der Waals surface area contributed by atoms with Crippen molar-refractivity contribution in [1.29, 1.82) is 0 Å². The van der Waals surface area contributed by atoms with Crippen molar-refractivity contribution in [2.75, 3.05) is 6.54 Å². The molecule has 4 nitrogen and oxygen atoms in total. The first-order valence-electron chi connectivity index (χ1n) is 5.82. The summed E-state index contributed by atoms with van der Waals surface area (Å²) >= 11 is 0. The van der Waals surface area contributed by atoms with E-state index in [2.05, 4.69) is 10.5 Å². The highest BCUT2D eigenvalue weighted by molar-refractivity contribution is 5.21. The minimum Gasteiger partial charge on any atom is -0.387 e. The van der Waals surface area contributed by atoms with Crippen LogP contribution in [0.5, 0.6) is 0 Å². The molecule has 6 heteroatoms. The summed E-state index contributed by atoms with van der Waals surface area (Å²) in [4.78, 5) is 0. The van der Waals surface area contributed by atoms with Crippen LogP contribution in [-0.4, -0.2) is 16.8 Å². The number of hydrogen-bond donors (Lipinski definition) is 2. The Morgan fingerprint density at radius 1 is 1.37 bits per heavy atom. The van der Waals surface area contributed by atoms with Gasteiger partial charge in [0.25, 0.3) is 0 Å². The molecule has 2 N–H and O–H groups in total. The average Bonchev–Trinajstić information content (AvgIpc) is 2.78. The number of nitrogens with one attached hydrogen (secondary N) is 1. The Kier molecular flexibility index (Phi) is 4.24. The maximum Gasteiger partial charge on any atom is 0.133 e. The zero-order valence-corrected chi connectivity index (χ0v) is 10.4. The lowest BCUT2D eigenvalue weighted by Gasteiger charge is -2.12. The molecule has 0 saturated heterocycles. The molecule has 0 saturated carbocycles. The fraction of sp³-hybridized carbons (Fsp3) is 0.308. The first kappa shape index (κ1) is 13.6. The van der Waals surface area contributed by atoms with Crippen LogP contribution in [0.1, 0.15) is 23.1 Å². The molecule has 2 aromatic rings. The van der Waals surface area contributed by atoms with E-state index in [4.69, 9.17) is 4.52 Å². The van der Waals surface area contributed by atoms with E-state index < -0.39 is 17.7 Å². The molecule has 0 fully saturated rings. The van der Waals surface area contributed by atoms with Crippen molar-refractivity contribution >= 4 is 0 Å². The maximum atomic E-state index is 13.4. The molecular weight excluding hydrogens is 254 g/mol. The molecule has 1 aromatic carbocycles. The minimum atomic E-state index is -1.12. The molecular formula is C13H14F2N2O2. The Hall–Kier alpha value is -1.79. The van der Waals surface area contributed by atoms with Gasteiger partial charge in [-0.1, -0.05) is 5.16 Å². The normalized spacial score (nSPS) is 12.6. The van der Waals surface area contributed by atoms with E-state index in [0.717, 1.165) is 18.2 Å². The predicted octanol–water partition coefficient (Wildman–Crippen LogP) is 2.08. The van der Waals surface area contributed by atoms with Crippen LogP contribution in [0.15, 0.2) is 28.8 Å². The SMILES string of the molecule is Cc1cc(CNCC(O)c2cc(F)ccc2F)no1. The number of nitrogens with zero attached hydrogens (tertiary/aromatic N) is 1. The van der Waals surface area contributed by atoms with Crippen LogP contribution in [-0.2, 0) is 6.54 Å². The number of aliphatic hydroxyl groups is 1. The lowest BCUT2D eigenvalue weighted by Crippen LogP contribution is -2.22. The fourth-order valence-electron chi connectivity index (χ4n) is 1.72. The van der Waals surface area contributed by atoms with Gasteiger partial charge in [-0.05, 0) is 25.1 Å². The van der Waals surface area contributed by atoms with Gasteiger partial charge in [0.2, 0.25) is 0 Å². The van der Waals surface area contributed by atoms with E-state index in [1.807, 2.05) is 0 Å². The van der Waals surface area contributed by atoms with Crippen LogP contribution in [0.25, 0.3) is 0 Å². The highest BCUT2D eigenvalue weighted by Crippen LogP contribution is 2.17. The van der Waals surface area contributed by atoms with Crippen LogP contribution >= 0.6 is 0 Å². The molecule has 0 spiro atoms. The van der Waals surface area contributed by atoms with Gasteiger partial charge in [-0.25, -0.2) is 8.78 Å². The number of halogens is 2. The van der Waals surface area contributed by atoms with Crippen LogP contribution < -0.4 is 5.32 Å². The molecule has 1 aromatic heterocycles. The Labute approximate surface area is 109 Å². The molecule has 0 radical (unpaired) electrons. The van der Waals surface area contributed by atoms with Crippen molar-refractivity contribution in [1.82, 2.24) is 10.5 Å². The molecule has 1 heterocycles. The summed E-state index contributed by atoms with van der Waals surface area (Å²) in [6, 6.07) is 4.75. The second-order valence-corrected chi connectivity index (χ2v) is 4.24. The summed E-state index contributed by atoms with van der Waals surface area (Å²) < 4.78 is 31.2. The minimum absolute atomic E-state index is 0.0659. The van der Waals surface area contributed by atoms with E-state index in [9.17, 15) is 13.9 Å². The van der Waals surface area contributed by atoms with Gasteiger partial charge in [0.05, 0.1) is 11.8 Å². The molecule has 19 heavy (non-hydrogen) atoms. The van der Waals surface area contributed by atoms with E-state index in [1.165, 1.54) is 0 Å². The van der Waals surface area contributed by atoms with Crippen LogP contribution in [0.2, 0.25) is 0 Å². The standard InChI is InChI=1S/C13H14F2N2O2/c1-8-4-10(17-19-8)6-16-7-13(18)11-5-9(14)2-3-12(11)15/h2-5,13,16,18H,6-7H2,1H3. The Morgan fingerprint density at radius 3 is 2.84 bits per heavy atom. The molecule has 1 unspecified atom stereocenters. The zero-order chi connectivity index (χ0) is 13.8. The van der Waals surface area contributed by atoms with Crippen LogP contribution in [0.4, 0.5) is 8.78 Å². The fourth-order valence-corrected chi connectivity index (χ4v) is 1.72. The quantitative estimate of drug-likeness (QED) is 0.871. The predicted molar refractivity (Wildman–Crippen MR) is 64.3 cm³/mol. The van der Waals surface area contributed by atoms with Gasteiger partial charge in [0, 0.05) is 24.7 Å². The summed E-state index contributed by atoms with van der Waals surface area (Å²) in [7, 11) is 0. The van der Waals surface area contributed by atoms with Crippen molar-refractivity contribution < 1.29 is 18.4 Å². The summed E-state index contributed by atoms with van der Waals surface area (Å²) in [5.74, 6) is -0.524. The summed E-state index contributed by atoms with van der Waals surface area (Å²) in [5.41, 5.74) is 0.619. The van der Waals surface area contributed by atoms with E-state index >= 15 is 0 Å². The lowest BCUT2D eigenvalue weighted by atomic mass is 10.1. The van der Waals surface area contributed by atoms with Crippen molar-refractivity contribution in [3.05, 3.63) is 52.9 Å². The summed E-state index contributed by atoms with van der Waals surface area (Å²) in [6.45, 7) is 2.24. The first-order valence-corrected chi connectivity index (χ1v) is 5.82. The number of hydrogen-bond acceptors (Lipinski definition) is 4. The van der Waals surface area contributed by atoms with Gasteiger partial charge >= 0.3 is 0 Å². The Balaban J connectivity index is 1.90. The molecule has 0 bridgehead atoms. The van der Waals surface area contributed by atoms with Gasteiger partial charge in [-0.2, -0.15) is 0 Å². The second kappa shape index (κ2) is 5.90. The van der Waals surface area contributed by atoms with Crippen molar-refractivity contribution in [3.63, 3.8) is 0 Å². The topological polar surface area (TPSA) is 58.3 Å². The third kappa shape index (κ3) is 3.59. The highest BCUT2D eigenvalue weighted by atomic mass is 19.1. The zero-order valence-electron chi connectivity index (χ0n) is 10.4. The molecule has 102 valence electrons. The number of aryl methyl sites for hydroxylation is 1. The highest BCUT2D eigenvalue weighted by Gasteiger charge is 2.13. The summed E-state index contributed by atoms with van der Waals surface area (Å²) in [5, 5.41) is 16.5. The van der Waals surface area contributed by atoms with Gasteiger partial charge < -0.3 is 14.9 Å². The second-order valence-electron chi connectivity index (χ2n) is 4.24. The van der Waals surface area contributed by atoms with Gasteiger partial charge in [0.1, 0.15) is 17.4 Å². The molecule has 1 atom stereocenters. The monoisotopic (exact) mass is 268 g/mol. The molecule has 0 aliphatic heterocycles. The third-order valence-electron chi connectivity index (χ3n) is 2.64. The maximum absolute atomic E-state index is 13.4. The van der Waals surface area contributed by atoms with E-state index in [1.54, 1.807) is 13.0 Å².